The largest absolute Gasteiger partial charge is 0.494 e. The van der Waals surface area contributed by atoms with Gasteiger partial charge >= 0.3 is 0 Å². The number of carbonyl (C=O) groups excluding carboxylic acids is 2. The number of hydrogen-bond donors (Lipinski definition) is 0. The maximum Gasteiger partial charge on any atom is 0.234 e. The van der Waals surface area contributed by atoms with Crippen molar-refractivity contribution < 1.29 is 19.1 Å². The normalized spacial score (nSPS) is 10.8. The number of Topliss-reactive ketones (excluding diaryl/α,β-unsaturated/α-hetero) is 2. The number of ether oxygens (including phenoxy) is 2. The highest BCUT2D eigenvalue weighted by Gasteiger charge is 2.26. The molecule has 4 aromatic rings. The molecule has 0 saturated carbocycles. The molecule has 0 radical (unpaired) electrons. The van der Waals surface area contributed by atoms with E-state index in [1.165, 1.54) is 0 Å². The molecule has 0 amide bonds. The fourth-order valence-corrected chi connectivity index (χ4v) is 4.15. The van der Waals surface area contributed by atoms with Gasteiger partial charge in [0.05, 0.1) is 6.61 Å². The van der Waals surface area contributed by atoms with Crippen molar-refractivity contribution in [3.63, 3.8) is 0 Å². The van der Waals surface area contributed by atoms with Crippen molar-refractivity contribution in [1.82, 2.24) is 0 Å². The van der Waals surface area contributed by atoms with Crippen molar-refractivity contribution >= 4 is 11.6 Å². The van der Waals surface area contributed by atoms with E-state index in [2.05, 4.69) is 13.8 Å². The smallest absolute Gasteiger partial charge is 0.234 e. The maximum atomic E-state index is 13.6. The van der Waals surface area contributed by atoms with Gasteiger partial charge in [-0.3, -0.25) is 9.59 Å². The van der Waals surface area contributed by atoms with Gasteiger partial charge in [-0.15, -0.1) is 0 Å². The van der Waals surface area contributed by atoms with Crippen LogP contribution in [-0.2, 0) is 6.42 Å². The van der Waals surface area contributed by atoms with E-state index < -0.39 is 11.6 Å². The summed E-state index contributed by atoms with van der Waals surface area (Å²) in [5, 5.41) is 0. The summed E-state index contributed by atoms with van der Waals surface area (Å²) >= 11 is 0. The fourth-order valence-electron chi connectivity index (χ4n) is 4.15. The number of ketones is 2. The van der Waals surface area contributed by atoms with Crippen LogP contribution in [0.1, 0.15) is 47.1 Å². The van der Waals surface area contributed by atoms with Crippen LogP contribution >= 0.6 is 0 Å². The standard InChI is InChI=1S/C32H30O4/c1-4-35-26-18-15-23(16-19-26)29-28(31(34)30(33)24-11-7-5-8-12-24)20-17-25(21-22(2)3)32(29)36-27-13-9-6-10-14-27/h5-20,22H,4,21H2,1-3H3. The van der Waals surface area contributed by atoms with Gasteiger partial charge in [-0.25, -0.2) is 0 Å². The number of carbonyl (C=O) groups is 2. The van der Waals surface area contributed by atoms with Crippen LogP contribution in [0.15, 0.2) is 97.1 Å². The van der Waals surface area contributed by atoms with Crippen LogP contribution in [0.2, 0.25) is 0 Å². The molecule has 0 bridgehead atoms. The zero-order valence-electron chi connectivity index (χ0n) is 20.9. The molecule has 0 aromatic heterocycles. The monoisotopic (exact) mass is 478 g/mol. The first-order valence-corrected chi connectivity index (χ1v) is 12.2. The van der Waals surface area contributed by atoms with Gasteiger partial charge < -0.3 is 9.47 Å². The summed E-state index contributed by atoms with van der Waals surface area (Å²) in [6.07, 6.45) is 0.757. The quantitative estimate of drug-likeness (QED) is 0.172. The van der Waals surface area contributed by atoms with E-state index in [4.69, 9.17) is 9.47 Å². The minimum absolute atomic E-state index is 0.312. The summed E-state index contributed by atoms with van der Waals surface area (Å²) in [4.78, 5) is 26.8. The van der Waals surface area contributed by atoms with Crippen LogP contribution < -0.4 is 9.47 Å². The maximum absolute atomic E-state index is 13.6. The number of rotatable bonds is 10. The van der Waals surface area contributed by atoms with Crippen molar-refractivity contribution in [2.45, 2.75) is 27.2 Å². The molecule has 4 heteroatoms. The first-order chi connectivity index (χ1) is 17.5. The number of benzene rings is 4. The summed E-state index contributed by atoms with van der Waals surface area (Å²) in [6, 6.07) is 29.3. The molecule has 4 rings (SSSR count). The summed E-state index contributed by atoms with van der Waals surface area (Å²) in [5.41, 5.74) is 3.03. The molecule has 0 N–H and O–H groups in total. The van der Waals surface area contributed by atoms with Gasteiger partial charge in [0.2, 0.25) is 11.6 Å². The zero-order chi connectivity index (χ0) is 25.5. The van der Waals surface area contributed by atoms with Crippen molar-refractivity contribution in [2.24, 2.45) is 5.92 Å². The Bertz CT molecular complexity index is 1320. The third kappa shape index (κ3) is 5.72. The molecule has 0 aliphatic carbocycles. The van der Waals surface area contributed by atoms with Crippen molar-refractivity contribution in [1.29, 1.82) is 0 Å². The predicted molar refractivity (Wildman–Crippen MR) is 143 cm³/mol. The first-order valence-electron chi connectivity index (χ1n) is 12.2. The second-order valence-electron chi connectivity index (χ2n) is 8.97. The average Bonchev–Trinajstić information content (AvgIpc) is 2.90. The molecule has 0 aliphatic heterocycles. The molecule has 0 spiro atoms. The third-order valence-corrected chi connectivity index (χ3v) is 5.77. The van der Waals surface area contributed by atoms with Crippen LogP contribution in [0, 0.1) is 5.92 Å². The molecule has 36 heavy (non-hydrogen) atoms. The highest BCUT2D eigenvalue weighted by atomic mass is 16.5. The molecule has 0 heterocycles. The number of para-hydroxylation sites is 1. The second kappa shape index (κ2) is 11.5. The average molecular weight is 479 g/mol. The molecular formula is C32H30O4. The van der Waals surface area contributed by atoms with Crippen LogP contribution in [0.25, 0.3) is 11.1 Å². The van der Waals surface area contributed by atoms with Gasteiger partial charge in [0.1, 0.15) is 17.2 Å². The molecular weight excluding hydrogens is 448 g/mol. The van der Waals surface area contributed by atoms with Crippen LogP contribution in [0.5, 0.6) is 17.2 Å². The lowest BCUT2D eigenvalue weighted by Crippen LogP contribution is -2.16. The SMILES string of the molecule is CCOc1ccc(-c2c(C(=O)C(=O)c3ccccc3)ccc(CC(C)C)c2Oc2ccccc2)cc1. The Balaban J connectivity index is 1.92. The van der Waals surface area contributed by atoms with Gasteiger partial charge in [-0.05, 0) is 60.7 Å². The highest BCUT2D eigenvalue weighted by molar-refractivity contribution is 6.50. The van der Waals surface area contributed by atoms with E-state index in [9.17, 15) is 9.59 Å². The third-order valence-electron chi connectivity index (χ3n) is 5.77. The zero-order valence-corrected chi connectivity index (χ0v) is 20.9. The van der Waals surface area contributed by atoms with Crippen LogP contribution in [0.3, 0.4) is 0 Å². The molecule has 0 unspecified atom stereocenters. The molecule has 0 atom stereocenters. The van der Waals surface area contributed by atoms with Crippen LogP contribution in [-0.4, -0.2) is 18.2 Å². The Labute approximate surface area is 212 Å². The Morgan fingerprint density at radius 3 is 1.97 bits per heavy atom. The van der Waals surface area contributed by atoms with E-state index in [0.29, 0.717) is 40.7 Å². The summed E-state index contributed by atoms with van der Waals surface area (Å²) in [6.45, 7) is 6.77. The van der Waals surface area contributed by atoms with E-state index >= 15 is 0 Å². The topological polar surface area (TPSA) is 52.6 Å². The summed E-state index contributed by atoms with van der Waals surface area (Å²) in [7, 11) is 0. The van der Waals surface area contributed by atoms with Gasteiger partial charge in [0, 0.05) is 16.7 Å². The lowest BCUT2D eigenvalue weighted by molar-refractivity contribution is 0.0817. The first kappa shape index (κ1) is 24.9. The van der Waals surface area contributed by atoms with Crippen molar-refractivity contribution in [3.8, 4) is 28.4 Å². The molecule has 0 aliphatic rings. The second-order valence-corrected chi connectivity index (χ2v) is 8.97. The van der Waals surface area contributed by atoms with Crippen molar-refractivity contribution in [2.75, 3.05) is 6.61 Å². The Morgan fingerprint density at radius 1 is 0.722 bits per heavy atom. The van der Waals surface area contributed by atoms with Crippen molar-refractivity contribution in [3.05, 3.63) is 114 Å². The lowest BCUT2D eigenvalue weighted by Gasteiger charge is -2.20. The minimum Gasteiger partial charge on any atom is -0.494 e. The Morgan fingerprint density at radius 2 is 1.36 bits per heavy atom. The van der Waals surface area contributed by atoms with Crippen LogP contribution in [0.4, 0.5) is 0 Å². The van der Waals surface area contributed by atoms with E-state index in [0.717, 1.165) is 23.3 Å². The van der Waals surface area contributed by atoms with Gasteiger partial charge in [0.25, 0.3) is 0 Å². The minimum atomic E-state index is -0.570. The number of hydrogen-bond acceptors (Lipinski definition) is 4. The highest BCUT2D eigenvalue weighted by Crippen LogP contribution is 2.41. The predicted octanol–water partition coefficient (Wildman–Crippen LogP) is 7.81. The lowest BCUT2D eigenvalue weighted by atomic mass is 9.89. The molecule has 182 valence electrons. The molecule has 4 aromatic carbocycles. The molecule has 0 fully saturated rings. The van der Waals surface area contributed by atoms with Gasteiger partial charge in [-0.2, -0.15) is 0 Å². The van der Waals surface area contributed by atoms with E-state index in [1.807, 2.05) is 73.7 Å². The molecule has 0 saturated heterocycles. The van der Waals surface area contributed by atoms with Gasteiger partial charge in [-0.1, -0.05) is 80.6 Å². The Hall–Kier alpha value is -4.18. The summed E-state index contributed by atoms with van der Waals surface area (Å²) < 4.78 is 12.1. The van der Waals surface area contributed by atoms with Gasteiger partial charge in [0.15, 0.2) is 0 Å². The fraction of sp³-hybridized carbons (Fsp3) is 0.188. The van der Waals surface area contributed by atoms with E-state index in [1.54, 1.807) is 30.3 Å². The Kier molecular flexibility index (Phi) is 7.96. The van der Waals surface area contributed by atoms with E-state index in [-0.39, 0.29) is 0 Å². The molecule has 4 nitrogen and oxygen atoms in total. The summed E-state index contributed by atoms with van der Waals surface area (Å²) in [5.74, 6) is 1.23.